The monoisotopic (exact) mass is 270 g/mol. The highest BCUT2D eigenvalue weighted by Crippen LogP contribution is 2.02. The first-order chi connectivity index (χ1) is 8.15. The fraction of sp³-hybridized carbons (Fsp3) is 0.111. The first-order valence-electron chi connectivity index (χ1n) is 4.57. The summed E-state index contributed by atoms with van der Waals surface area (Å²) in [6.07, 6.45) is 2.66. The van der Waals surface area contributed by atoms with Crippen LogP contribution < -0.4 is 10.2 Å². The van der Waals surface area contributed by atoms with Gasteiger partial charge in [0.25, 0.3) is 5.91 Å². The van der Waals surface area contributed by atoms with E-state index in [1.165, 1.54) is 12.4 Å². The van der Waals surface area contributed by atoms with Gasteiger partial charge < -0.3 is 10.3 Å². The maximum Gasteiger partial charge on any atom is 0.304 e. The van der Waals surface area contributed by atoms with Gasteiger partial charge in [-0.3, -0.25) is 14.6 Å². The molecular formula is C9H7ClN4O2S. The summed E-state index contributed by atoms with van der Waals surface area (Å²) < 4.78 is 0. The highest BCUT2D eigenvalue weighted by Gasteiger charge is 2.08. The summed E-state index contributed by atoms with van der Waals surface area (Å²) >= 11 is 6.65. The molecule has 0 atom stereocenters. The van der Waals surface area contributed by atoms with Crippen LogP contribution in [0.4, 0.5) is 0 Å². The minimum absolute atomic E-state index is 0.134. The molecule has 0 aliphatic rings. The molecule has 0 saturated carbocycles. The third kappa shape index (κ3) is 3.11. The molecule has 8 heteroatoms. The van der Waals surface area contributed by atoms with Crippen LogP contribution in [-0.4, -0.2) is 20.9 Å². The van der Waals surface area contributed by atoms with Crippen LogP contribution in [0.25, 0.3) is 0 Å². The van der Waals surface area contributed by atoms with Gasteiger partial charge in [0.05, 0.1) is 18.9 Å². The summed E-state index contributed by atoms with van der Waals surface area (Å²) in [6.45, 7) is 0.228. The molecule has 0 aromatic carbocycles. The lowest BCUT2D eigenvalue weighted by Crippen LogP contribution is -2.24. The average Bonchev–Trinajstić information content (AvgIpc) is 2.72. The quantitative estimate of drug-likeness (QED) is 0.864. The maximum atomic E-state index is 11.6. The second-order valence-electron chi connectivity index (χ2n) is 3.08. The summed E-state index contributed by atoms with van der Waals surface area (Å²) in [6, 6.07) is 0. The van der Waals surface area contributed by atoms with E-state index in [0.717, 1.165) is 11.3 Å². The third-order valence-corrected chi connectivity index (χ3v) is 2.75. The molecule has 2 rings (SSSR count). The summed E-state index contributed by atoms with van der Waals surface area (Å²) in [5.41, 5.74) is 0.776. The number of nitrogens with zero attached hydrogens (tertiary/aromatic N) is 2. The second-order valence-corrected chi connectivity index (χ2v) is 4.31. The number of H-pyrrole nitrogens is 1. The third-order valence-electron chi connectivity index (χ3n) is 1.85. The number of halogens is 1. The molecule has 0 bridgehead atoms. The van der Waals surface area contributed by atoms with E-state index in [0.29, 0.717) is 5.69 Å². The van der Waals surface area contributed by atoms with E-state index in [-0.39, 0.29) is 22.3 Å². The molecule has 0 radical (unpaired) electrons. The zero-order chi connectivity index (χ0) is 12.3. The summed E-state index contributed by atoms with van der Waals surface area (Å²) in [7, 11) is 0. The van der Waals surface area contributed by atoms with Gasteiger partial charge in [0.2, 0.25) is 0 Å². The van der Waals surface area contributed by atoms with Crippen molar-refractivity contribution < 1.29 is 4.79 Å². The molecule has 0 spiro atoms. The van der Waals surface area contributed by atoms with Crippen LogP contribution in [0.15, 0.2) is 22.6 Å². The lowest BCUT2D eigenvalue weighted by Gasteiger charge is -2.02. The summed E-state index contributed by atoms with van der Waals surface area (Å²) in [5.74, 6) is -0.396. The van der Waals surface area contributed by atoms with Gasteiger partial charge in [0, 0.05) is 11.1 Å². The van der Waals surface area contributed by atoms with E-state index in [1.54, 1.807) is 5.38 Å². The molecule has 2 aromatic heterocycles. The summed E-state index contributed by atoms with van der Waals surface area (Å²) in [4.78, 5) is 32.5. The number of carbonyl (C=O) groups is 1. The van der Waals surface area contributed by atoms with Gasteiger partial charge in [-0.05, 0) is 0 Å². The lowest BCUT2D eigenvalue weighted by atomic mass is 10.4. The number of aromatic nitrogens is 3. The molecule has 6 nitrogen and oxygen atoms in total. The standard InChI is InChI=1S/C9H7ClN4O2S/c10-7-3-11-2-6(14-7)8(15)12-1-5-4-17-9(16)13-5/h2-4H,1H2,(H,12,15)(H,13,16). The molecule has 0 fully saturated rings. The topological polar surface area (TPSA) is 87.7 Å². The van der Waals surface area contributed by atoms with Gasteiger partial charge in [-0.25, -0.2) is 4.98 Å². The Balaban J connectivity index is 2.00. The molecule has 1 amide bonds. The van der Waals surface area contributed by atoms with Crippen LogP contribution >= 0.6 is 22.9 Å². The number of thiazole rings is 1. The second kappa shape index (κ2) is 5.07. The van der Waals surface area contributed by atoms with Crippen LogP contribution in [0.2, 0.25) is 5.15 Å². The number of aromatic amines is 1. The van der Waals surface area contributed by atoms with Gasteiger partial charge in [-0.15, -0.1) is 0 Å². The van der Waals surface area contributed by atoms with Crippen molar-refractivity contribution >= 4 is 28.8 Å². The SMILES string of the molecule is O=C(NCc1csc(=O)[nH]1)c1cncc(Cl)n1. The number of hydrogen-bond acceptors (Lipinski definition) is 5. The van der Waals surface area contributed by atoms with Gasteiger partial charge in [0.15, 0.2) is 0 Å². The molecule has 17 heavy (non-hydrogen) atoms. The molecule has 2 aromatic rings. The molecule has 2 heterocycles. The molecule has 0 unspecified atom stereocenters. The fourth-order valence-electron chi connectivity index (χ4n) is 1.12. The number of nitrogens with one attached hydrogen (secondary N) is 2. The van der Waals surface area contributed by atoms with Crippen molar-refractivity contribution in [2.45, 2.75) is 6.54 Å². The van der Waals surface area contributed by atoms with E-state index in [9.17, 15) is 9.59 Å². The highest BCUT2D eigenvalue weighted by molar-refractivity contribution is 7.07. The van der Waals surface area contributed by atoms with Gasteiger partial charge in [-0.1, -0.05) is 22.9 Å². The number of rotatable bonds is 3. The minimum Gasteiger partial charge on any atom is -0.345 e. The van der Waals surface area contributed by atoms with Crippen LogP contribution in [0.5, 0.6) is 0 Å². The van der Waals surface area contributed by atoms with Crippen molar-refractivity contribution in [3.05, 3.63) is 44.0 Å². The van der Waals surface area contributed by atoms with Gasteiger partial charge in [-0.2, -0.15) is 0 Å². The highest BCUT2D eigenvalue weighted by atomic mass is 35.5. The Labute approximate surface area is 105 Å². The first-order valence-corrected chi connectivity index (χ1v) is 5.83. The molecule has 0 saturated heterocycles. The molecular weight excluding hydrogens is 264 g/mol. The first kappa shape index (κ1) is 11.7. The van der Waals surface area contributed by atoms with Crippen molar-refractivity contribution in [2.75, 3.05) is 0 Å². The molecule has 88 valence electrons. The van der Waals surface area contributed by atoms with Crippen LogP contribution in [0.3, 0.4) is 0 Å². The molecule has 2 N–H and O–H groups in total. The maximum absolute atomic E-state index is 11.6. The van der Waals surface area contributed by atoms with Gasteiger partial charge in [0.1, 0.15) is 10.8 Å². The van der Waals surface area contributed by atoms with E-state index in [4.69, 9.17) is 11.6 Å². The van der Waals surface area contributed by atoms with Crippen molar-refractivity contribution in [2.24, 2.45) is 0 Å². The number of amides is 1. The fourth-order valence-corrected chi connectivity index (χ4v) is 1.85. The zero-order valence-electron chi connectivity index (χ0n) is 8.44. The van der Waals surface area contributed by atoms with Crippen LogP contribution in [0.1, 0.15) is 16.2 Å². The van der Waals surface area contributed by atoms with E-state index >= 15 is 0 Å². The van der Waals surface area contributed by atoms with E-state index in [1.807, 2.05) is 0 Å². The van der Waals surface area contributed by atoms with E-state index in [2.05, 4.69) is 20.3 Å². The van der Waals surface area contributed by atoms with E-state index < -0.39 is 5.91 Å². The Hall–Kier alpha value is -1.73. The Morgan fingerprint density at radius 2 is 2.35 bits per heavy atom. The Morgan fingerprint density at radius 3 is 3.00 bits per heavy atom. The Morgan fingerprint density at radius 1 is 1.53 bits per heavy atom. The largest absolute Gasteiger partial charge is 0.345 e. The predicted octanol–water partition coefficient (Wildman–Crippen LogP) is 0.810. The normalized spacial score (nSPS) is 10.2. The number of carbonyl (C=O) groups excluding carboxylic acids is 1. The smallest absolute Gasteiger partial charge is 0.304 e. The lowest BCUT2D eigenvalue weighted by molar-refractivity contribution is 0.0945. The van der Waals surface area contributed by atoms with Gasteiger partial charge >= 0.3 is 4.87 Å². The van der Waals surface area contributed by atoms with Crippen molar-refractivity contribution in [1.29, 1.82) is 0 Å². The minimum atomic E-state index is -0.396. The predicted molar refractivity (Wildman–Crippen MR) is 63.2 cm³/mol. The van der Waals surface area contributed by atoms with Crippen molar-refractivity contribution in [3.63, 3.8) is 0 Å². The average molecular weight is 271 g/mol. The van der Waals surface area contributed by atoms with Crippen molar-refractivity contribution in [1.82, 2.24) is 20.3 Å². The molecule has 0 aliphatic carbocycles. The summed E-state index contributed by atoms with van der Waals surface area (Å²) in [5, 5.41) is 4.39. The van der Waals surface area contributed by atoms with Crippen molar-refractivity contribution in [3.8, 4) is 0 Å². The Bertz CT molecular complexity index is 594. The molecule has 0 aliphatic heterocycles. The Kier molecular flexibility index (Phi) is 3.50. The zero-order valence-corrected chi connectivity index (χ0v) is 10.0. The van der Waals surface area contributed by atoms with Crippen LogP contribution in [-0.2, 0) is 6.54 Å². The van der Waals surface area contributed by atoms with Crippen LogP contribution in [0, 0.1) is 0 Å². The number of hydrogen-bond donors (Lipinski definition) is 2.